The molecular weight excluding hydrogens is 208 g/mol. The zero-order valence-corrected chi connectivity index (χ0v) is 9.50. The van der Waals surface area contributed by atoms with Gasteiger partial charge in [-0.15, -0.1) is 11.3 Å². The molecule has 0 fully saturated rings. The zero-order valence-electron chi connectivity index (χ0n) is 8.68. The van der Waals surface area contributed by atoms with Crippen LogP contribution in [-0.2, 0) is 13.1 Å². The molecule has 2 aromatic heterocycles. The lowest BCUT2D eigenvalue weighted by Gasteiger charge is -2.02. The minimum Gasteiger partial charge on any atom is -0.309 e. The van der Waals surface area contributed by atoms with E-state index in [2.05, 4.69) is 20.8 Å². The first kappa shape index (κ1) is 10.3. The molecule has 2 heterocycles. The summed E-state index contributed by atoms with van der Waals surface area (Å²) in [5.41, 5.74) is 4.17. The summed E-state index contributed by atoms with van der Waals surface area (Å²) in [5, 5.41) is 9.60. The normalized spacial score (nSPS) is 10.7. The molecule has 0 unspecified atom stereocenters. The number of aromatic nitrogens is 3. The second-order valence-corrected chi connectivity index (χ2v) is 4.16. The van der Waals surface area contributed by atoms with Crippen LogP contribution in [0.4, 0.5) is 0 Å². The highest BCUT2D eigenvalue weighted by Crippen LogP contribution is 1.99. The fourth-order valence-electron chi connectivity index (χ4n) is 1.32. The van der Waals surface area contributed by atoms with Gasteiger partial charge in [-0.1, -0.05) is 0 Å². The van der Waals surface area contributed by atoms with Crippen molar-refractivity contribution >= 4 is 11.3 Å². The molecule has 4 nitrogen and oxygen atoms in total. The van der Waals surface area contributed by atoms with Gasteiger partial charge < -0.3 is 5.32 Å². The van der Waals surface area contributed by atoms with Crippen LogP contribution in [0.5, 0.6) is 0 Å². The van der Waals surface area contributed by atoms with Crippen LogP contribution in [0.15, 0.2) is 23.3 Å². The Balaban J connectivity index is 1.67. The molecular formula is C10H14N4S. The summed E-state index contributed by atoms with van der Waals surface area (Å²) < 4.78 is 1.95. The third-order valence-corrected chi connectivity index (χ3v) is 2.70. The lowest BCUT2D eigenvalue weighted by atomic mass is 10.4. The minimum atomic E-state index is 0.837. The fraction of sp³-hybridized carbons (Fsp3) is 0.400. The molecule has 0 saturated carbocycles. The summed E-state index contributed by atoms with van der Waals surface area (Å²) in [7, 11) is 0. The van der Waals surface area contributed by atoms with Gasteiger partial charge in [0.1, 0.15) is 0 Å². The van der Waals surface area contributed by atoms with Gasteiger partial charge in [0.2, 0.25) is 0 Å². The quantitative estimate of drug-likeness (QED) is 0.778. The van der Waals surface area contributed by atoms with Gasteiger partial charge in [0.25, 0.3) is 0 Å². The molecule has 0 aliphatic heterocycles. The molecule has 1 N–H and O–H groups in total. The number of thiazole rings is 1. The highest BCUT2D eigenvalue weighted by molar-refractivity contribution is 7.07. The molecule has 0 aromatic carbocycles. The highest BCUT2D eigenvalue weighted by atomic mass is 32.1. The summed E-state index contributed by atoms with van der Waals surface area (Å²) in [4.78, 5) is 4.20. The van der Waals surface area contributed by atoms with Gasteiger partial charge in [-0.3, -0.25) is 4.68 Å². The second kappa shape index (κ2) is 5.04. The van der Waals surface area contributed by atoms with E-state index < -0.39 is 0 Å². The van der Waals surface area contributed by atoms with Gasteiger partial charge in [-0.2, -0.15) is 5.10 Å². The standard InChI is InChI=1S/C10H14N4S/c1-9-4-13-14(6-9)3-2-11-5-10-7-15-8-12-10/h4,6-8,11H,2-3,5H2,1H3. The molecule has 0 saturated heterocycles. The molecule has 0 atom stereocenters. The molecule has 15 heavy (non-hydrogen) atoms. The molecule has 0 radical (unpaired) electrons. The Morgan fingerprint density at radius 3 is 3.13 bits per heavy atom. The topological polar surface area (TPSA) is 42.7 Å². The van der Waals surface area contributed by atoms with E-state index in [1.54, 1.807) is 11.3 Å². The van der Waals surface area contributed by atoms with Crippen LogP contribution in [0.3, 0.4) is 0 Å². The van der Waals surface area contributed by atoms with Crippen molar-refractivity contribution in [2.75, 3.05) is 6.54 Å². The van der Waals surface area contributed by atoms with Crippen molar-refractivity contribution in [2.24, 2.45) is 0 Å². The van der Waals surface area contributed by atoms with Crippen molar-refractivity contribution in [3.63, 3.8) is 0 Å². The average Bonchev–Trinajstić information content (AvgIpc) is 2.84. The number of nitrogens with zero attached hydrogens (tertiary/aromatic N) is 3. The molecule has 0 bridgehead atoms. The van der Waals surface area contributed by atoms with E-state index in [-0.39, 0.29) is 0 Å². The Labute approximate surface area is 93.0 Å². The number of hydrogen-bond acceptors (Lipinski definition) is 4. The van der Waals surface area contributed by atoms with Crippen molar-refractivity contribution in [3.05, 3.63) is 34.5 Å². The predicted molar refractivity (Wildman–Crippen MR) is 60.8 cm³/mol. The average molecular weight is 222 g/mol. The van der Waals surface area contributed by atoms with E-state index >= 15 is 0 Å². The number of hydrogen-bond donors (Lipinski definition) is 1. The van der Waals surface area contributed by atoms with E-state index in [1.807, 2.05) is 29.5 Å². The minimum absolute atomic E-state index is 0.837. The maximum absolute atomic E-state index is 4.21. The Kier molecular flexibility index (Phi) is 3.47. The molecule has 0 aliphatic rings. The van der Waals surface area contributed by atoms with Crippen LogP contribution < -0.4 is 5.32 Å². The maximum Gasteiger partial charge on any atom is 0.0795 e. The van der Waals surface area contributed by atoms with Crippen molar-refractivity contribution in [1.29, 1.82) is 0 Å². The molecule has 0 spiro atoms. The lowest BCUT2D eigenvalue weighted by molar-refractivity contribution is 0.552. The van der Waals surface area contributed by atoms with E-state index in [9.17, 15) is 0 Å². The summed E-state index contributed by atoms with van der Waals surface area (Å²) in [6.07, 6.45) is 3.92. The molecule has 0 aliphatic carbocycles. The van der Waals surface area contributed by atoms with Crippen LogP contribution in [0, 0.1) is 6.92 Å². The second-order valence-electron chi connectivity index (χ2n) is 3.44. The zero-order chi connectivity index (χ0) is 10.5. The third kappa shape index (κ3) is 3.14. The smallest absolute Gasteiger partial charge is 0.0795 e. The Morgan fingerprint density at radius 1 is 1.53 bits per heavy atom. The van der Waals surface area contributed by atoms with E-state index in [1.165, 1.54) is 5.56 Å². The Morgan fingerprint density at radius 2 is 2.47 bits per heavy atom. The summed E-state index contributed by atoms with van der Waals surface area (Å²) in [5.74, 6) is 0. The number of rotatable bonds is 5. The van der Waals surface area contributed by atoms with Crippen molar-refractivity contribution < 1.29 is 0 Å². The molecule has 2 aromatic rings. The largest absolute Gasteiger partial charge is 0.309 e. The Bertz CT molecular complexity index is 393. The van der Waals surface area contributed by atoms with Gasteiger partial charge in [-0.25, -0.2) is 4.98 Å². The molecule has 0 amide bonds. The summed E-state index contributed by atoms with van der Waals surface area (Å²) in [6, 6.07) is 0. The SMILES string of the molecule is Cc1cnn(CCNCc2cscn2)c1. The van der Waals surface area contributed by atoms with Crippen LogP contribution in [0.2, 0.25) is 0 Å². The lowest BCUT2D eigenvalue weighted by Crippen LogP contribution is -2.19. The fourth-order valence-corrected chi connectivity index (χ4v) is 1.88. The van der Waals surface area contributed by atoms with Crippen LogP contribution in [0.1, 0.15) is 11.3 Å². The van der Waals surface area contributed by atoms with Crippen LogP contribution in [0.25, 0.3) is 0 Å². The molecule has 80 valence electrons. The first-order chi connectivity index (χ1) is 7.34. The monoisotopic (exact) mass is 222 g/mol. The number of aryl methyl sites for hydroxylation is 1. The summed E-state index contributed by atoms with van der Waals surface area (Å²) >= 11 is 1.63. The molecule has 2 rings (SSSR count). The van der Waals surface area contributed by atoms with Gasteiger partial charge in [0.15, 0.2) is 0 Å². The summed E-state index contributed by atoms with van der Waals surface area (Å²) in [6.45, 7) is 4.70. The van der Waals surface area contributed by atoms with Gasteiger partial charge in [0.05, 0.1) is 23.9 Å². The predicted octanol–water partition coefficient (Wildman–Crippen LogP) is 1.44. The van der Waals surface area contributed by atoms with Crippen molar-refractivity contribution in [2.45, 2.75) is 20.0 Å². The van der Waals surface area contributed by atoms with Gasteiger partial charge in [-0.05, 0) is 12.5 Å². The van der Waals surface area contributed by atoms with Crippen LogP contribution in [-0.4, -0.2) is 21.3 Å². The van der Waals surface area contributed by atoms with E-state index in [0.717, 1.165) is 25.3 Å². The maximum atomic E-state index is 4.21. The van der Waals surface area contributed by atoms with Gasteiger partial charge in [0, 0.05) is 24.7 Å². The van der Waals surface area contributed by atoms with Gasteiger partial charge >= 0.3 is 0 Å². The van der Waals surface area contributed by atoms with E-state index in [4.69, 9.17) is 0 Å². The Hall–Kier alpha value is -1.20. The van der Waals surface area contributed by atoms with Crippen molar-refractivity contribution in [1.82, 2.24) is 20.1 Å². The highest BCUT2D eigenvalue weighted by Gasteiger charge is 1.95. The van der Waals surface area contributed by atoms with Crippen molar-refractivity contribution in [3.8, 4) is 0 Å². The third-order valence-electron chi connectivity index (χ3n) is 2.07. The first-order valence-electron chi connectivity index (χ1n) is 4.91. The number of nitrogens with one attached hydrogen (secondary N) is 1. The van der Waals surface area contributed by atoms with E-state index in [0.29, 0.717) is 0 Å². The van der Waals surface area contributed by atoms with Crippen LogP contribution >= 0.6 is 11.3 Å². The first-order valence-corrected chi connectivity index (χ1v) is 5.86. The molecule has 5 heteroatoms.